The largest absolute Gasteiger partial charge is 0.309 e. The van der Waals surface area contributed by atoms with Crippen molar-refractivity contribution in [3.8, 4) is 45.8 Å². The minimum atomic E-state index is 0.451. The molecule has 0 bridgehead atoms. The van der Waals surface area contributed by atoms with Gasteiger partial charge in [-0.05, 0) is 65.2 Å². The molecule has 222 valence electrons. The zero-order valence-corrected chi connectivity index (χ0v) is 25.8. The first-order chi connectivity index (χ1) is 23.7. The molecule has 0 saturated carbocycles. The van der Waals surface area contributed by atoms with Crippen molar-refractivity contribution in [1.82, 2.24) is 9.13 Å². The fraction of sp³-hybridized carbons (Fsp3) is 0. The van der Waals surface area contributed by atoms with Crippen LogP contribution in [0.5, 0.6) is 0 Å². The van der Waals surface area contributed by atoms with E-state index in [0.29, 0.717) is 11.1 Å². The van der Waals surface area contributed by atoms with Crippen molar-refractivity contribution in [3.63, 3.8) is 0 Å². The highest BCUT2D eigenvalue weighted by atomic mass is 15.0. The summed E-state index contributed by atoms with van der Waals surface area (Å²) in [6.07, 6.45) is 0. The molecular weight excluding hydrogens is 585 g/mol. The molecule has 9 aromatic rings. The molecule has 2 aromatic heterocycles. The number of nitriles is 2. The average Bonchev–Trinajstić information content (AvgIpc) is 3.67. The van der Waals surface area contributed by atoms with Gasteiger partial charge in [-0.3, -0.25) is 0 Å². The van der Waals surface area contributed by atoms with Gasteiger partial charge in [-0.15, -0.1) is 0 Å². The summed E-state index contributed by atoms with van der Waals surface area (Å²) < 4.78 is 4.50. The van der Waals surface area contributed by atoms with Crippen molar-refractivity contribution < 1.29 is 0 Å². The van der Waals surface area contributed by atoms with E-state index in [-0.39, 0.29) is 0 Å². The Balaban J connectivity index is 1.16. The molecule has 0 amide bonds. The highest BCUT2D eigenvalue weighted by Crippen LogP contribution is 2.39. The van der Waals surface area contributed by atoms with Gasteiger partial charge in [0.25, 0.3) is 0 Å². The molecule has 0 saturated heterocycles. The predicted molar refractivity (Wildman–Crippen MR) is 195 cm³/mol. The van der Waals surface area contributed by atoms with Gasteiger partial charge < -0.3 is 9.13 Å². The maximum Gasteiger partial charge on any atom is 0.0999 e. The molecule has 0 aliphatic rings. The highest BCUT2D eigenvalue weighted by Gasteiger charge is 2.20. The summed E-state index contributed by atoms with van der Waals surface area (Å²) in [6.45, 7) is 0. The zero-order chi connectivity index (χ0) is 32.2. The Morgan fingerprint density at radius 2 is 0.812 bits per heavy atom. The fourth-order valence-corrected chi connectivity index (χ4v) is 7.27. The lowest BCUT2D eigenvalue weighted by atomic mass is 9.94. The number of nitrogens with zero attached hydrogens (tertiary/aromatic N) is 4. The van der Waals surface area contributed by atoms with Crippen LogP contribution in [0.25, 0.3) is 77.2 Å². The average molecular weight is 611 g/mol. The number of aromatic nitrogens is 2. The molecule has 0 unspecified atom stereocenters. The van der Waals surface area contributed by atoms with E-state index in [9.17, 15) is 10.5 Å². The van der Waals surface area contributed by atoms with E-state index in [1.807, 2.05) is 30.3 Å². The number of hydrogen-bond acceptors (Lipinski definition) is 2. The third-order valence-electron chi connectivity index (χ3n) is 9.40. The normalized spacial score (nSPS) is 11.3. The zero-order valence-electron chi connectivity index (χ0n) is 25.8. The molecule has 48 heavy (non-hydrogen) atoms. The Hall–Kier alpha value is -6.88. The molecule has 0 aliphatic carbocycles. The summed E-state index contributed by atoms with van der Waals surface area (Å²) >= 11 is 0. The van der Waals surface area contributed by atoms with Gasteiger partial charge in [0, 0.05) is 32.8 Å². The van der Waals surface area contributed by atoms with Gasteiger partial charge in [0.2, 0.25) is 0 Å². The van der Waals surface area contributed by atoms with Crippen molar-refractivity contribution in [2.75, 3.05) is 0 Å². The minimum absolute atomic E-state index is 0.451. The van der Waals surface area contributed by atoms with Crippen molar-refractivity contribution >= 4 is 43.6 Å². The Morgan fingerprint density at radius 1 is 0.396 bits per heavy atom. The standard InChI is InChI=1S/C44H26N4/c45-27-29-25-33(28-46)44(43(26-29)48-41-15-7-3-11-37(41)38-12-4-8-16-42(38)48)32-19-17-30(18-20-32)31-21-23-34(24-22-31)47-39-13-5-1-9-35(39)36-10-2-6-14-40(36)47/h1-26H. The Bertz CT molecular complexity index is 2680. The Kier molecular flexibility index (Phi) is 6.22. The Morgan fingerprint density at radius 3 is 1.27 bits per heavy atom. The first kappa shape index (κ1) is 27.4. The Labute approximate surface area is 277 Å². The molecule has 0 aliphatic heterocycles. The molecule has 0 radical (unpaired) electrons. The van der Waals surface area contributed by atoms with E-state index in [1.54, 1.807) is 6.07 Å². The van der Waals surface area contributed by atoms with Gasteiger partial charge in [-0.25, -0.2) is 0 Å². The van der Waals surface area contributed by atoms with Gasteiger partial charge >= 0.3 is 0 Å². The second kappa shape index (κ2) is 10.9. The van der Waals surface area contributed by atoms with Gasteiger partial charge in [-0.1, -0.05) is 109 Å². The molecule has 4 heteroatoms. The summed E-state index contributed by atoms with van der Waals surface area (Å²) in [7, 11) is 0. The van der Waals surface area contributed by atoms with Crippen LogP contribution in [0.4, 0.5) is 0 Å². The predicted octanol–water partition coefficient (Wildman–Crippen LogP) is 11.0. The van der Waals surface area contributed by atoms with E-state index in [1.165, 1.54) is 21.8 Å². The third-order valence-corrected chi connectivity index (χ3v) is 9.40. The molecular formula is C44H26N4. The molecule has 9 rings (SSSR count). The number of hydrogen-bond donors (Lipinski definition) is 0. The van der Waals surface area contributed by atoms with Gasteiger partial charge in [0.05, 0.1) is 51.0 Å². The summed E-state index contributed by atoms with van der Waals surface area (Å²) in [6, 6.07) is 59.0. The van der Waals surface area contributed by atoms with Crippen LogP contribution in [0.15, 0.2) is 158 Å². The second-order valence-electron chi connectivity index (χ2n) is 12.0. The van der Waals surface area contributed by atoms with E-state index in [4.69, 9.17) is 0 Å². The monoisotopic (exact) mass is 610 g/mol. The molecule has 7 aromatic carbocycles. The van der Waals surface area contributed by atoms with Crippen molar-refractivity contribution in [3.05, 3.63) is 169 Å². The van der Waals surface area contributed by atoms with Crippen LogP contribution in [-0.2, 0) is 0 Å². The summed E-state index contributed by atoms with van der Waals surface area (Å²) in [5.74, 6) is 0. The quantitative estimate of drug-likeness (QED) is 0.199. The molecule has 0 fully saturated rings. The topological polar surface area (TPSA) is 57.4 Å². The van der Waals surface area contributed by atoms with E-state index >= 15 is 0 Å². The summed E-state index contributed by atoms with van der Waals surface area (Å²) in [5, 5.41) is 25.0. The molecule has 4 nitrogen and oxygen atoms in total. The molecule has 2 heterocycles. The van der Waals surface area contributed by atoms with E-state index in [2.05, 4.69) is 143 Å². The van der Waals surface area contributed by atoms with Gasteiger partial charge in [0.1, 0.15) is 0 Å². The maximum atomic E-state index is 10.3. The first-order valence-electron chi connectivity index (χ1n) is 15.9. The number of para-hydroxylation sites is 4. The van der Waals surface area contributed by atoms with Gasteiger partial charge in [-0.2, -0.15) is 10.5 Å². The molecule has 0 spiro atoms. The third kappa shape index (κ3) is 4.14. The van der Waals surface area contributed by atoms with Crippen molar-refractivity contribution in [2.45, 2.75) is 0 Å². The lowest BCUT2D eigenvalue weighted by molar-refractivity contribution is 1.17. The van der Waals surface area contributed by atoms with Crippen molar-refractivity contribution in [2.24, 2.45) is 0 Å². The first-order valence-corrected chi connectivity index (χ1v) is 15.9. The molecule has 0 atom stereocenters. The van der Waals surface area contributed by atoms with Crippen molar-refractivity contribution in [1.29, 1.82) is 10.5 Å². The number of rotatable bonds is 4. The van der Waals surface area contributed by atoms with Crippen LogP contribution >= 0.6 is 0 Å². The van der Waals surface area contributed by atoms with Gasteiger partial charge in [0.15, 0.2) is 0 Å². The number of benzene rings is 7. The van der Waals surface area contributed by atoms with Crippen LogP contribution in [0.3, 0.4) is 0 Å². The van der Waals surface area contributed by atoms with Crippen LogP contribution in [0.1, 0.15) is 11.1 Å². The van der Waals surface area contributed by atoms with E-state index in [0.717, 1.165) is 55.4 Å². The fourth-order valence-electron chi connectivity index (χ4n) is 7.27. The second-order valence-corrected chi connectivity index (χ2v) is 12.0. The summed E-state index contributed by atoms with van der Waals surface area (Å²) in [4.78, 5) is 0. The highest BCUT2D eigenvalue weighted by molar-refractivity contribution is 6.10. The summed E-state index contributed by atoms with van der Waals surface area (Å²) in [5.41, 5.74) is 11.2. The molecule has 0 N–H and O–H groups in total. The minimum Gasteiger partial charge on any atom is -0.309 e. The maximum absolute atomic E-state index is 10.3. The SMILES string of the molecule is N#Cc1cc(C#N)c(-c2ccc(-c3ccc(-n4c5ccccc5c5ccccc54)cc3)cc2)c(-n2c3ccccc3c3ccccc32)c1. The van der Waals surface area contributed by atoms with Crippen LogP contribution in [0, 0.1) is 22.7 Å². The van der Waals surface area contributed by atoms with E-state index < -0.39 is 0 Å². The lowest BCUT2D eigenvalue weighted by Gasteiger charge is -2.17. The lowest BCUT2D eigenvalue weighted by Crippen LogP contribution is -2.01. The smallest absolute Gasteiger partial charge is 0.0999 e. The number of fused-ring (bicyclic) bond motifs is 6. The van der Waals surface area contributed by atoms with Crippen LogP contribution in [0.2, 0.25) is 0 Å². The van der Waals surface area contributed by atoms with Crippen LogP contribution < -0.4 is 0 Å². The van der Waals surface area contributed by atoms with Crippen LogP contribution in [-0.4, -0.2) is 9.13 Å².